The fourth-order valence-corrected chi connectivity index (χ4v) is 9.52. The lowest BCUT2D eigenvalue weighted by Gasteiger charge is -2.44. The lowest BCUT2D eigenvalue weighted by atomic mass is 9.12. The molecule has 0 saturated heterocycles. The van der Waals surface area contributed by atoms with E-state index in [9.17, 15) is 65.9 Å². The maximum atomic E-state index is 15.4. The van der Waals surface area contributed by atoms with E-state index in [4.69, 9.17) is 0 Å². The molecule has 0 unspecified atom stereocenters. The molecule has 7 aromatic rings. The topological polar surface area (TPSA) is 0 Å². The summed E-state index contributed by atoms with van der Waals surface area (Å²) in [6.45, 7) is 4.00. The minimum atomic E-state index is -7.22. The van der Waals surface area contributed by atoms with Crippen LogP contribution in [0.15, 0.2) is 87.5 Å². The van der Waals surface area contributed by atoms with E-state index in [0.29, 0.717) is 4.90 Å². The molecule has 0 atom stereocenters. The summed E-state index contributed by atoms with van der Waals surface area (Å²) in [6, 6.07) is 21.6. The van der Waals surface area contributed by atoms with E-state index in [-0.39, 0.29) is 0 Å². The Morgan fingerprint density at radius 3 is 0.757 bits per heavy atom. The van der Waals surface area contributed by atoms with Crippen LogP contribution in [0.4, 0.5) is 101 Å². The van der Waals surface area contributed by atoms with E-state index < -0.39 is 167 Å². The van der Waals surface area contributed by atoms with Crippen molar-refractivity contribution in [1.29, 1.82) is 0 Å². The molecule has 0 fully saturated rings. The van der Waals surface area contributed by atoms with Crippen molar-refractivity contribution in [3.8, 4) is 0 Å². The second kappa shape index (κ2) is 19.3. The fraction of sp³-hybridized carbons (Fsp3) is 0.0667. The molecule has 0 aliphatic heterocycles. The van der Waals surface area contributed by atoms with Crippen molar-refractivity contribution in [2.45, 2.75) is 34.7 Å². The highest BCUT2D eigenvalue weighted by Gasteiger charge is 2.52. The van der Waals surface area contributed by atoms with Gasteiger partial charge in [-0.1, -0.05) is 41.5 Å². The molecule has 368 valence electrons. The van der Waals surface area contributed by atoms with Gasteiger partial charge < -0.3 is 0 Å². The first-order valence-corrected chi connectivity index (χ1v) is 20.1. The molecule has 0 N–H and O–H groups in total. The molecule has 7 aromatic carbocycles. The van der Waals surface area contributed by atoms with Crippen molar-refractivity contribution in [3.05, 3.63) is 206 Å². The molecular weight excluding hydrogens is 1020 g/mol. The van der Waals surface area contributed by atoms with Gasteiger partial charge >= 0.3 is 6.18 Å². The van der Waals surface area contributed by atoms with Gasteiger partial charge in [-0.2, -0.15) is 13.2 Å². The molecule has 0 nitrogen and oxygen atoms in total. The summed E-state index contributed by atoms with van der Waals surface area (Å²) in [5, 5.41) is 0. The summed E-state index contributed by atoms with van der Waals surface area (Å²) in [6.07, 6.45) is -11.6. The molecular formula is C45H18BF23S. The first kappa shape index (κ1) is 52.7. The second-order valence-corrected chi connectivity index (χ2v) is 16.8. The normalized spacial score (nSPS) is 11.9. The van der Waals surface area contributed by atoms with Gasteiger partial charge in [-0.05, 0) is 50.2 Å². The smallest absolute Gasteiger partial charge is 0.207 e. The van der Waals surface area contributed by atoms with E-state index in [2.05, 4.69) is 0 Å². The summed E-state index contributed by atoms with van der Waals surface area (Å²) < 4.78 is 333. The van der Waals surface area contributed by atoms with Gasteiger partial charge in [0.1, 0.15) is 52.7 Å². The Labute approximate surface area is 379 Å². The number of halogens is 23. The Morgan fingerprint density at radius 1 is 0.300 bits per heavy atom. The highest BCUT2D eigenvalue weighted by Crippen LogP contribution is 2.37. The largest absolute Gasteiger partial charge is 0.416 e. The van der Waals surface area contributed by atoms with Gasteiger partial charge in [0.15, 0.2) is 84.5 Å². The average Bonchev–Trinajstić information content (AvgIpc) is 3.32. The van der Waals surface area contributed by atoms with Gasteiger partial charge in [0.25, 0.3) is 0 Å². The standard InChI is InChI=1S/C24BF20.C21H18F3S/c26-5-1(6(27)14(35)21(42)13(5)34)25(2-7(28)15(36)22(43)16(37)8(2)29,3-9(30)17(38)23(44)18(39)10(3)31)4-11(32)19(40)24(45)20(41)12(4)33;1-15-6-10-18(11-7-15)25(19-12-8-16(2)9-13-19)20-5-3-4-17(14-20)21(22,23)24/h;3-14H,1-2H3/q-1;+1. The van der Waals surface area contributed by atoms with Crippen molar-refractivity contribution in [3.63, 3.8) is 0 Å². The lowest BCUT2D eigenvalue weighted by Crippen LogP contribution is -2.81. The zero-order valence-corrected chi connectivity index (χ0v) is 34.9. The quantitative estimate of drug-likeness (QED) is 0.0491. The fourth-order valence-electron chi connectivity index (χ4n) is 7.43. The summed E-state index contributed by atoms with van der Waals surface area (Å²) >= 11 is 0. The highest BCUT2D eigenvalue weighted by atomic mass is 32.2. The predicted molar refractivity (Wildman–Crippen MR) is 205 cm³/mol. The SMILES string of the molecule is Cc1ccc([S+](c2ccc(C)cc2)c2cccc(C(F)(F)F)c2)cc1.Fc1c(F)c(F)c([B-](c2c(F)c(F)c(F)c(F)c2F)(c2c(F)c(F)c(F)c(F)c2F)c2c(F)c(F)c(F)c(F)c2F)c(F)c1F. The van der Waals surface area contributed by atoms with Gasteiger partial charge in [-0.3, -0.25) is 0 Å². The monoisotopic (exact) mass is 1040 g/mol. The third-order valence-corrected chi connectivity index (χ3v) is 12.8. The minimum Gasteiger partial charge on any atom is -0.207 e. The van der Waals surface area contributed by atoms with Crippen LogP contribution in [0, 0.1) is 130 Å². The van der Waals surface area contributed by atoms with Crippen LogP contribution >= 0.6 is 0 Å². The van der Waals surface area contributed by atoms with Crippen LogP contribution in [0.25, 0.3) is 0 Å². The van der Waals surface area contributed by atoms with Crippen LogP contribution in [0.1, 0.15) is 16.7 Å². The molecule has 0 aromatic heterocycles. The van der Waals surface area contributed by atoms with E-state index in [1.807, 2.05) is 62.4 Å². The third kappa shape index (κ3) is 8.58. The first-order valence-electron chi connectivity index (χ1n) is 18.8. The second-order valence-electron chi connectivity index (χ2n) is 14.8. The number of hydrogen-bond donors (Lipinski definition) is 0. The van der Waals surface area contributed by atoms with Crippen molar-refractivity contribution in [2.75, 3.05) is 0 Å². The average molecular weight is 1040 g/mol. The molecule has 0 saturated carbocycles. The molecule has 7 rings (SSSR count). The Kier molecular flexibility index (Phi) is 14.5. The molecule has 25 heteroatoms. The summed E-state index contributed by atoms with van der Waals surface area (Å²) in [5.41, 5.74) is -12.7. The van der Waals surface area contributed by atoms with Crippen molar-refractivity contribution in [2.24, 2.45) is 0 Å². The van der Waals surface area contributed by atoms with Crippen LogP contribution in [0.2, 0.25) is 0 Å². The molecule has 0 bridgehead atoms. The maximum absolute atomic E-state index is 15.4. The van der Waals surface area contributed by atoms with Crippen molar-refractivity contribution >= 4 is 38.9 Å². The summed E-state index contributed by atoms with van der Waals surface area (Å²) in [7, 11) is -0.576. The number of benzene rings is 7. The molecule has 0 heterocycles. The Balaban J connectivity index is 0.000000270. The van der Waals surface area contributed by atoms with E-state index in [0.717, 1.165) is 27.0 Å². The first-order chi connectivity index (χ1) is 32.5. The molecule has 70 heavy (non-hydrogen) atoms. The number of hydrogen-bond acceptors (Lipinski definition) is 0. The summed E-state index contributed by atoms with van der Waals surface area (Å²) in [5.74, 6) is -71.4. The maximum Gasteiger partial charge on any atom is 0.416 e. The van der Waals surface area contributed by atoms with Gasteiger partial charge in [-0.25, -0.2) is 87.8 Å². The van der Waals surface area contributed by atoms with Gasteiger partial charge in [0.05, 0.1) is 16.5 Å². The van der Waals surface area contributed by atoms with E-state index in [1.165, 1.54) is 12.1 Å². The zero-order valence-electron chi connectivity index (χ0n) is 34.1. The van der Waals surface area contributed by atoms with Gasteiger partial charge in [0.2, 0.25) is 0 Å². The van der Waals surface area contributed by atoms with E-state index in [1.54, 1.807) is 6.07 Å². The van der Waals surface area contributed by atoms with Crippen LogP contribution in [0.5, 0.6) is 0 Å². The van der Waals surface area contributed by atoms with Crippen LogP contribution < -0.4 is 21.9 Å². The van der Waals surface area contributed by atoms with Gasteiger partial charge in [-0.15, -0.1) is 21.9 Å². The van der Waals surface area contributed by atoms with E-state index >= 15 is 35.1 Å². The van der Waals surface area contributed by atoms with Gasteiger partial charge in [0, 0.05) is 6.07 Å². The number of alkyl halides is 3. The third-order valence-electron chi connectivity index (χ3n) is 10.6. The summed E-state index contributed by atoms with van der Waals surface area (Å²) in [4.78, 5) is 2.69. The van der Waals surface area contributed by atoms with Crippen LogP contribution in [-0.4, -0.2) is 6.15 Å². The van der Waals surface area contributed by atoms with Crippen LogP contribution in [-0.2, 0) is 17.1 Å². The lowest BCUT2D eigenvalue weighted by molar-refractivity contribution is -0.137. The number of rotatable bonds is 7. The Bertz CT molecular complexity index is 2780. The highest BCUT2D eigenvalue weighted by molar-refractivity contribution is 7.97. The molecule has 0 amide bonds. The Hall–Kier alpha value is -6.66. The van der Waals surface area contributed by atoms with Crippen LogP contribution in [0.3, 0.4) is 0 Å². The zero-order chi connectivity index (χ0) is 52.4. The van der Waals surface area contributed by atoms with Crippen molar-refractivity contribution < 1.29 is 101 Å². The number of aryl methyl sites for hydroxylation is 2. The van der Waals surface area contributed by atoms with Crippen molar-refractivity contribution in [1.82, 2.24) is 0 Å². The molecule has 0 spiro atoms. The predicted octanol–water partition coefficient (Wildman–Crippen LogP) is 12.3. The molecule has 0 radical (unpaired) electrons. The molecule has 0 aliphatic carbocycles. The minimum absolute atomic E-state index is 0.576. The molecule has 0 aliphatic rings. The Morgan fingerprint density at radius 2 is 0.529 bits per heavy atom.